The first kappa shape index (κ1) is 17.4. The van der Waals surface area contributed by atoms with Crippen LogP contribution in [0.3, 0.4) is 0 Å². The van der Waals surface area contributed by atoms with Crippen molar-refractivity contribution in [2.45, 2.75) is 38.6 Å². The van der Waals surface area contributed by atoms with Gasteiger partial charge in [0.2, 0.25) is 5.91 Å². The average molecular weight is 329 g/mol. The van der Waals surface area contributed by atoms with Crippen molar-refractivity contribution in [3.05, 3.63) is 29.8 Å². The Kier molecular flexibility index (Phi) is 5.57. The maximum Gasteiger partial charge on any atom is 0.231 e. The fourth-order valence-electron chi connectivity index (χ4n) is 4.09. The van der Waals surface area contributed by atoms with Crippen LogP contribution in [0.15, 0.2) is 24.3 Å². The van der Waals surface area contributed by atoms with Crippen LogP contribution in [0.1, 0.15) is 31.7 Å². The number of fused-ring (bicyclic) bond motifs is 1. The smallest absolute Gasteiger partial charge is 0.231 e. The van der Waals surface area contributed by atoms with Gasteiger partial charge in [0.05, 0.1) is 6.42 Å². The Hall–Kier alpha value is -1.39. The highest BCUT2D eigenvalue weighted by molar-refractivity contribution is 6.01. The maximum atomic E-state index is 12.1. The Bertz CT molecular complexity index is 558. The molecule has 2 fully saturated rings. The van der Waals surface area contributed by atoms with E-state index >= 15 is 0 Å². The molecule has 0 spiro atoms. The molecule has 1 amide bonds. The van der Waals surface area contributed by atoms with Crippen molar-refractivity contribution in [1.29, 1.82) is 0 Å². The van der Waals surface area contributed by atoms with Crippen molar-refractivity contribution in [3.63, 3.8) is 0 Å². The number of anilines is 1. The molecule has 3 heterocycles. The van der Waals surface area contributed by atoms with Crippen LogP contribution in [0.2, 0.25) is 0 Å². The predicted molar refractivity (Wildman–Crippen MR) is 99.4 cm³/mol. The minimum atomic E-state index is 0.278. The number of hydrogen-bond acceptors (Lipinski definition) is 3. The van der Waals surface area contributed by atoms with Gasteiger partial charge >= 0.3 is 0 Å². The zero-order valence-corrected chi connectivity index (χ0v) is 15.4. The van der Waals surface area contributed by atoms with Gasteiger partial charge in [0, 0.05) is 18.3 Å². The molecule has 0 aliphatic carbocycles. The molecule has 0 aromatic heterocycles. The van der Waals surface area contributed by atoms with E-state index in [1.807, 2.05) is 17.0 Å². The molecule has 1 atom stereocenters. The largest absolute Gasteiger partial charge is 0.309 e. The Morgan fingerprint density at radius 1 is 0.958 bits per heavy atom. The second-order valence-electron chi connectivity index (χ2n) is 7.76. The van der Waals surface area contributed by atoms with Gasteiger partial charge < -0.3 is 14.7 Å². The lowest BCUT2D eigenvalue weighted by Gasteiger charge is -2.35. The molecule has 3 aliphatic heterocycles. The lowest BCUT2D eigenvalue weighted by atomic mass is 10.0. The number of nitrogens with zero attached hydrogens (tertiary/aromatic N) is 3. The maximum absolute atomic E-state index is 12.1. The van der Waals surface area contributed by atoms with Gasteiger partial charge in [0.1, 0.15) is 0 Å². The summed E-state index contributed by atoms with van der Waals surface area (Å²) in [6.45, 7) is 7.11. The van der Waals surface area contributed by atoms with Crippen molar-refractivity contribution in [2.75, 3.05) is 45.2 Å². The van der Waals surface area contributed by atoms with Crippen LogP contribution in [-0.4, -0.2) is 62.0 Å². The van der Waals surface area contributed by atoms with Gasteiger partial charge in [-0.05, 0) is 70.5 Å². The number of para-hydroxylation sites is 1. The Morgan fingerprint density at radius 3 is 2.21 bits per heavy atom. The van der Waals surface area contributed by atoms with Gasteiger partial charge in [-0.25, -0.2) is 0 Å². The van der Waals surface area contributed by atoms with Crippen molar-refractivity contribution in [3.8, 4) is 0 Å². The molecule has 0 radical (unpaired) electrons. The number of piperidine rings is 1. The minimum Gasteiger partial charge on any atom is -0.309 e. The van der Waals surface area contributed by atoms with Crippen molar-refractivity contribution in [2.24, 2.45) is 5.92 Å². The lowest BCUT2D eigenvalue weighted by molar-refractivity contribution is -0.118. The minimum absolute atomic E-state index is 0.278. The first-order chi connectivity index (χ1) is 11.5. The number of carbonyl (C=O) groups excluding carboxylic acids is 1. The van der Waals surface area contributed by atoms with Crippen LogP contribution in [0.25, 0.3) is 0 Å². The van der Waals surface area contributed by atoms with Crippen LogP contribution in [0.4, 0.5) is 5.69 Å². The monoisotopic (exact) mass is 329 g/mol. The van der Waals surface area contributed by atoms with E-state index in [1.165, 1.54) is 25.1 Å². The van der Waals surface area contributed by atoms with E-state index in [2.05, 4.69) is 43.0 Å². The van der Waals surface area contributed by atoms with Crippen LogP contribution < -0.4 is 4.90 Å². The summed E-state index contributed by atoms with van der Waals surface area (Å²) in [4.78, 5) is 18.9. The first-order valence-corrected chi connectivity index (χ1v) is 9.31. The summed E-state index contributed by atoms with van der Waals surface area (Å²) in [5.74, 6) is 1.23. The number of likely N-dealkylation sites (tertiary alicyclic amines) is 2. The summed E-state index contributed by atoms with van der Waals surface area (Å²) in [5, 5.41) is 0. The molecule has 132 valence electrons. The van der Waals surface area contributed by atoms with Crippen molar-refractivity contribution < 1.29 is 4.79 Å². The van der Waals surface area contributed by atoms with E-state index in [9.17, 15) is 4.79 Å². The Morgan fingerprint density at radius 2 is 1.62 bits per heavy atom. The quantitative estimate of drug-likeness (QED) is 0.792. The molecule has 1 aromatic carbocycles. The van der Waals surface area contributed by atoms with Crippen LogP contribution >= 0.6 is 0 Å². The normalized spacial score (nSPS) is 25.5. The topological polar surface area (TPSA) is 26.8 Å². The third-order valence-electron chi connectivity index (χ3n) is 5.54. The third kappa shape index (κ3) is 3.98. The van der Waals surface area contributed by atoms with E-state index in [-0.39, 0.29) is 5.91 Å². The molecular formula is C20H31N3O. The second kappa shape index (κ2) is 7.66. The fraction of sp³-hybridized carbons (Fsp3) is 0.650. The summed E-state index contributed by atoms with van der Waals surface area (Å²) in [5.41, 5.74) is 2.34. The summed E-state index contributed by atoms with van der Waals surface area (Å²) >= 11 is 0. The molecule has 24 heavy (non-hydrogen) atoms. The van der Waals surface area contributed by atoms with E-state index in [1.54, 1.807) is 0 Å². The van der Waals surface area contributed by atoms with Crippen LogP contribution in [-0.2, 0) is 11.2 Å². The van der Waals surface area contributed by atoms with Gasteiger partial charge in [-0.2, -0.15) is 0 Å². The van der Waals surface area contributed by atoms with E-state index in [4.69, 9.17) is 0 Å². The molecular weight excluding hydrogens is 298 g/mol. The molecule has 4 heteroatoms. The number of benzene rings is 1. The Labute approximate surface area is 146 Å². The molecule has 3 aliphatic rings. The zero-order chi connectivity index (χ0) is 17.1. The van der Waals surface area contributed by atoms with Gasteiger partial charge in [0.15, 0.2) is 0 Å². The standard InChI is InChI=1S/C14H18N2O.C6H13N/c1-15-8-6-12(7-9-15)16-13-5-3-2-4-11(13)10-14(16)17;1-6-3-4-7(2)5-6/h2-5,12H,6-10H2,1H3;6H,3-5H2,1-2H3. The first-order valence-electron chi connectivity index (χ1n) is 9.31. The average Bonchev–Trinajstić information content (AvgIpc) is 3.10. The highest BCUT2D eigenvalue weighted by atomic mass is 16.2. The van der Waals surface area contributed by atoms with Gasteiger partial charge in [-0.15, -0.1) is 0 Å². The highest BCUT2D eigenvalue weighted by Gasteiger charge is 2.33. The van der Waals surface area contributed by atoms with Crippen LogP contribution in [0, 0.1) is 5.92 Å². The molecule has 0 N–H and O–H groups in total. The van der Waals surface area contributed by atoms with E-state index in [0.717, 1.165) is 37.5 Å². The summed E-state index contributed by atoms with van der Waals surface area (Å²) in [6.07, 6.45) is 4.17. The van der Waals surface area contributed by atoms with E-state index < -0.39 is 0 Å². The predicted octanol–water partition coefficient (Wildman–Crippen LogP) is 2.63. The highest BCUT2D eigenvalue weighted by Crippen LogP contribution is 2.32. The van der Waals surface area contributed by atoms with Crippen molar-refractivity contribution >= 4 is 11.6 Å². The molecule has 4 rings (SSSR count). The summed E-state index contributed by atoms with van der Waals surface area (Å²) < 4.78 is 0. The fourth-order valence-corrected chi connectivity index (χ4v) is 4.09. The molecule has 1 unspecified atom stereocenters. The molecule has 2 saturated heterocycles. The SMILES string of the molecule is CC1CCN(C)C1.CN1CCC(N2C(=O)Cc3ccccc32)CC1. The summed E-state index contributed by atoms with van der Waals surface area (Å²) in [7, 11) is 4.33. The Balaban J connectivity index is 0.000000203. The van der Waals surface area contributed by atoms with Gasteiger partial charge in [-0.1, -0.05) is 25.1 Å². The van der Waals surface area contributed by atoms with Gasteiger partial charge in [0.25, 0.3) is 0 Å². The van der Waals surface area contributed by atoms with E-state index in [0.29, 0.717) is 12.5 Å². The number of amides is 1. The second-order valence-corrected chi connectivity index (χ2v) is 7.76. The lowest BCUT2D eigenvalue weighted by Crippen LogP contribution is -2.45. The number of carbonyl (C=O) groups is 1. The zero-order valence-electron chi connectivity index (χ0n) is 15.4. The molecule has 4 nitrogen and oxygen atoms in total. The number of rotatable bonds is 1. The molecule has 0 saturated carbocycles. The van der Waals surface area contributed by atoms with Crippen LogP contribution in [0.5, 0.6) is 0 Å². The summed E-state index contributed by atoms with van der Waals surface area (Å²) in [6, 6.07) is 8.60. The van der Waals surface area contributed by atoms with Gasteiger partial charge in [-0.3, -0.25) is 4.79 Å². The van der Waals surface area contributed by atoms with Crippen molar-refractivity contribution in [1.82, 2.24) is 9.80 Å². The molecule has 1 aromatic rings. The number of hydrogen-bond donors (Lipinski definition) is 0. The molecule has 0 bridgehead atoms. The third-order valence-corrected chi connectivity index (χ3v) is 5.54.